The Kier molecular flexibility index (Phi) is 9.17. The van der Waals surface area contributed by atoms with Gasteiger partial charge >= 0.3 is 0 Å². The van der Waals surface area contributed by atoms with Crippen molar-refractivity contribution < 1.29 is 4.42 Å². The first-order valence-corrected chi connectivity index (χ1v) is 22.9. The van der Waals surface area contributed by atoms with Crippen LogP contribution in [-0.4, -0.2) is 4.57 Å². The summed E-state index contributed by atoms with van der Waals surface area (Å²) >= 11 is 0. The lowest BCUT2D eigenvalue weighted by atomic mass is 9.95. The molecule has 0 aliphatic rings. The summed E-state index contributed by atoms with van der Waals surface area (Å²) in [6.45, 7) is 0. The van der Waals surface area contributed by atoms with Crippen molar-refractivity contribution in [2.75, 3.05) is 4.90 Å². The first kappa shape index (κ1) is 38.5. The molecule has 0 fully saturated rings. The first-order valence-electron chi connectivity index (χ1n) is 22.9. The molecular weight excluding hydrogens is 813 g/mol. The Morgan fingerprint density at radius 3 is 1.46 bits per heavy atom. The Bertz CT molecular complexity index is 3910. The minimum Gasteiger partial charge on any atom is -0.455 e. The topological polar surface area (TPSA) is 21.3 Å². The van der Waals surface area contributed by atoms with Crippen LogP contribution in [0.2, 0.25) is 0 Å². The van der Waals surface area contributed by atoms with Crippen molar-refractivity contribution in [1.82, 2.24) is 4.57 Å². The highest BCUT2D eigenvalue weighted by Crippen LogP contribution is 2.41. The molecule has 0 radical (unpaired) electrons. The Morgan fingerprint density at radius 2 is 0.776 bits per heavy atom. The summed E-state index contributed by atoms with van der Waals surface area (Å²) in [6.07, 6.45) is 0. The number of fused-ring (bicyclic) bond motifs is 7. The molecule has 3 nitrogen and oxygen atoms in total. The molecule has 2 aromatic heterocycles. The summed E-state index contributed by atoms with van der Waals surface area (Å²) in [7, 11) is 0. The van der Waals surface area contributed by atoms with E-state index in [0.29, 0.717) is 0 Å². The van der Waals surface area contributed by atoms with Gasteiger partial charge in [-0.2, -0.15) is 0 Å². The van der Waals surface area contributed by atoms with E-state index in [-0.39, 0.29) is 0 Å². The second-order valence-electron chi connectivity index (χ2n) is 17.3. The molecule has 0 atom stereocenters. The van der Waals surface area contributed by atoms with Crippen molar-refractivity contribution in [3.8, 4) is 50.2 Å². The fourth-order valence-electron chi connectivity index (χ4n) is 10.2. The van der Waals surface area contributed by atoms with Crippen LogP contribution >= 0.6 is 0 Å². The quantitative estimate of drug-likeness (QED) is 0.152. The molecule has 13 rings (SSSR count). The molecule has 67 heavy (non-hydrogen) atoms. The number of nitrogens with zero attached hydrogens (tertiary/aromatic N) is 2. The van der Waals surface area contributed by atoms with Crippen molar-refractivity contribution >= 4 is 71.6 Å². The zero-order valence-electron chi connectivity index (χ0n) is 36.6. The third-order valence-electron chi connectivity index (χ3n) is 13.4. The van der Waals surface area contributed by atoms with Gasteiger partial charge in [0.15, 0.2) is 0 Å². The van der Waals surface area contributed by atoms with Crippen LogP contribution in [0.3, 0.4) is 0 Å². The van der Waals surface area contributed by atoms with Gasteiger partial charge in [-0.25, -0.2) is 0 Å². The van der Waals surface area contributed by atoms with Crippen LogP contribution in [0, 0.1) is 0 Å². The monoisotopic (exact) mass is 854 g/mol. The number of furan rings is 1. The van der Waals surface area contributed by atoms with Gasteiger partial charge < -0.3 is 13.9 Å². The van der Waals surface area contributed by atoms with Crippen molar-refractivity contribution in [3.05, 3.63) is 255 Å². The number of aromatic nitrogens is 1. The molecule has 0 spiro atoms. The molecule has 0 aliphatic carbocycles. The number of para-hydroxylation sites is 4. The van der Waals surface area contributed by atoms with E-state index in [4.69, 9.17) is 4.42 Å². The molecule has 0 saturated carbocycles. The second-order valence-corrected chi connectivity index (χ2v) is 17.3. The highest BCUT2D eigenvalue weighted by atomic mass is 16.3. The maximum Gasteiger partial charge on any atom is 0.143 e. The Labute approximate surface area is 388 Å². The summed E-state index contributed by atoms with van der Waals surface area (Å²) in [5, 5.41) is 7.28. The van der Waals surface area contributed by atoms with E-state index in [2.05, 4.69) is 252 Å². The predicted molar refractivity (Wildman–Crippen MR) is 282 cm³/mol. The van der Waals surface area contributed by atoms with Gasteiger partial charge in [0.2, 0.25) is 0 Å². The molecule has 3 heteroatoms. The molecule has 0 N–H and O–H groups in total. The summed E-state index contributed by atoms with van der Waals surface area (Å²) in [6, 6.07) is 91.8. The molecule has 0 aliphatic heterocycles. The Hall–Kier alpha value is -8.92. The maximum atomic E-state index is 6.46. The predicted octanol–water partition coefficient (Wildman–Crippen LogP) is 18.0. The summed E-state index contributed by atoms with van der Waals surface area (Å²) in [5.41, 5.74) is 17.9. The van der Waals surface area contributed by atoms with Crippen LogP contribution in [0.1, 0.15) is 0 Å². The molecule has 0 saturated heterocycles. The van der Waals surface area contributed by atoms with Gasteiger partial charge in [0, 0.05) is 49.9 Å². The molecule has 13 aromatic rings. The summed E-state index contributed by atoms with van der Waals surface area (Å²) in [5.74, 6) is 0. The molecule has 0 unspecified atom stereocenters. The molecule has 11 aromatic carbocycles. The van der Waals surface area contributed by atoms with Crippen molar-refractivity contribution in [1.29, 1.82) is 0 Å². The number of hydrogen-bond donors (Lipinski definition) is 0. The second kappa shape index (κ2) is 16.0. The van der Waals surface area contributed by atoms with Gasteiger partial charge in [-0.15, -0.1) is 0 Å². The van der Waals surface area contributed by atoms with Crippen LogP contribution < -0.4 is 4.90 Å². The normalized spacial score (nSPS) is 11.6. The largest absolute Gasteiger partial charge is 0.455 e. The molecule has 0 amide bonds. The van der Waals surface area contributed by atoms with E-state index < -0.39 is 0 Å². The summed E-state index contributed by atoms with van der Waals surface area (Å²) in [4.78, 5) is 2.35. The summed E-state index contributed by atoms with van der Waals surface area (Å²) < 4.78 is 8.84. The van der Waals surface area contributed by atoms with Crippen LogP contribution in [0.15, 0.2) is 259 Å². The van der Waals surface area contributed by atoms with E-state index in [9.17, 15) is 0 Å². The highest BCUT2D eigenvalue weighted by Gasteiger charge is 2.17. The van der Waals surface area contributed by atoms with Gasteiger partial charge in [0.25, 0.3) is 0 Å². The Morgan fingerprint density at radius 1 is 0.299 bits per heavy atom. The number of hydrogen-bond acceptors (Lipinski definition) is 2. The lowest BCUT2D eigenvalue weighted by molar-refractivity contribution is 0.670. The SMILES string of the molecule is c1cc(-c2ccc(N(c3ccc(-c4cccc(-n5c6ccccc6c6ccccc65)c4)cc3)c3ccc(-c4cccc5c4oc4ccccc45)cc3)cc2)cc(-c2cccc3ccccc23)c1. The number of anilines is 3. The molecule has 0 bridgehead atoms. The molecular formula is C64H42N2O. The van der Waals surface area contributed by atoms with Gasteiger partial charge in [-0.3, -0.25) is 0 Å². The van der Waals surface area contributed by atoms with Crippen molar-refractivity contribution in [2.45, 2.75) is 0 Å². The van der Waals surface area contributed by atoms with Gasteiger partial charge in [0.1, 0.15) is 11.2 Å². The zero-order valence-corrected chi connectivity index (χ0v) is 36.6. The van der Waals surface area contributed by atoms with Crippen molar-refractivity contribution in [2.24, 2.45) is 0 Å². The minimum absolute atomic E-state index is 0.901. The smallest absolute Gasteiger partial charge is 0.143 e. The van der Waals surface area contributed by atoms with E-state index in [1.807, 2.05) is 12.1 Å². The number of benzene rings is 11. The van der Waals surface area contributed by atoms with Crippen LogP contribution in [0.4, 0.5) is 17.1 Å². The van der Waals surface area contributed by atoms with Crippen molar-refractivity contribution in [3.63, 3.8) is 0 Å². The average molecular weight is 855 g/mol. The Balaban J connectivity index is 0.876. The zero-order chi connectivity index (χ0) is 44.3. The fourth-order valence-corrected chi connectivity index (χ4v) is 10.2. The van der Waals surface area contributed by atoms with Gasteiger partial charge in [0.05, 0.1) is 11.0 Å². The average Bonchev–Trinajstić information content (AvgIpc) is 3.96. The third kappa shape index (κ3) is 6.67. The van der Waals surface area contributed by atoms with Crippen LogP contribution in [0.25, 0.3) is 105 Å². The third-order valence-corrected chi connectivity index (χ3v) is 13.4. The van der Waals surface area contributed by atoms with Crippen LogP contribution in [0.5, 0.6) is 0 Å². The number of rotatable bonds is 8. The maximum absolute atomic E-state index is 6.46. The van der Waals surface area contributed by atoms with E-state index in [0.717, 1.165) is 66.9 Å². The van der Waals surface area contributed by atoms with E-state index in [1.54, 1.807) is 0 Å². The van der Waals surface area contributed by atoms with Gasteiger partial charge in [-0.1, -0.05) is 182 Å². The standard InChI is InChI=1S/C64H42N2O/c1-2-19-54-45(13-1)14-11-23-55(54)49-17-9-15-47(41-49)43-29-35-50(36-30-43)65(52-39-33-46(34-40-52)56-24-12-25-60-59-22-5-8-28-63(59)67-64(56)60)51-37-31-44(32-38-51)48-16-10-18-53(42-48)66-61-26-6-3-20-57(61)58-21-4-7-27-62(58)66/h1-42H. The van der Waals surface area contributed by atoms with Crippen LogP contribution in [-0.2, 0) is 0 Å². The minimum atomic E-state index is 0.901. The van der Waals surface area contributed by atoms with E-state index >= 15 is 0 Å². The molecule has 314 valence electrons. The first-order chi connectivity index (χ1) is 33.2. The molecule has 2 heterocycles. The highest BCUT2D eigenvalue weighted by molar-refractivity contribution is 6.10. The fraction of sp³-hybridized carbons (Fsp3) is 0. The van der Waals surface area contributed by atoms with E-state index in [1.165, 1.54) is 54.8 Å². The van der Waals surface area contributed by atoms with Gasteiger partial charge in [-0.05, 0) is 123 Å². The lowest BCUT2D eigenvalue weighted by Crippen LogP contribution is -2.09. The lowest BCUT2D eigenvalue weighted by Gasteiger charge is -2.26.